The zero-order valence-electron chi connectivity index (χ0n) is 13.4. The molecule has 1 saturated heterocycles. The molecule has 1 fully saturated rings. The van der Waals surface area contributed by atoms with Gasteiger partial charge in [0, 0.05) is 26.7 Å². The largest absolute Gasteiger partial charge is 0.494 e. The molecule has 0 spiro atoms. The third-order valence-corrected chi connectivity index (χ3v) is 5.48. The summed E-state index contributed by atoms with van der Waals surface area (Å²) in [6.45, 7) is 5.05. The van der Waals surface area contributed by atoms with Crippen molar-refractivity contribution in [2.45, 2.75) is 17.9 Å². The lowest BCUT2D eigenvalue weighted by Crippen LogP contribution is -2.46. The number of likely N-dealkylation sites (N-methyl/N-ethyl adjacent to an activating group) is 2. The van der Waals surface area contributed by atoms with Gasteiger partial charge < -0.3 is 14.4 Å². The second-order valence-corrected chi connectivity index (χ2v) is 7.49. The summed E-state index contributed by atoms with van der Waals surface area (Å²) < 4.78 is 37.5. The van der Waals surface area contributed by atoms with Gasteiger partial charge in [-0.15, -0.1) is 0 Å². The average Bonchev–Trinajstić information content (AvgIpc) is 2.48. The molecule has 0 N–H and O–H groups in total. The molecule has 0 aliphatic carbocycles. The number of sulfonamides is 1. The molecule has 0 saturated carbocycles. The summed E-state index contributed by atoms with van der Waals surface area (Å²) in [5.41, 5.74) is 0. The highest BCUT2D eigenvalue weighted by molar-refractivity contribution is 7.89. The van der Waals surface area contributed by atoms with Gasteiger partial charge >= 0.3 is 0 Å². The highest BCUT2D eigenvalue weighted by atomic mass is 32.2. The molecule has 7 heteroatoms. The van der Waals surface area contributed by atoms with Gasteiger partial charge in [0.25, 0.3) is 0 Å². The van der Waals surface area contributed by atoms with E-state index in [2.05, 4.69) is 4.90 Å². The molecule has 1 aromatic carbocycles. The highest BCUT2D eigenvalue weighted by Crippen LogP contribution is 2.19. The van der Waals surface area contributed by atoms with Gasteiger partial charge in [0.05, 0.1) is 24.2 Å². The van der Waals surface area contributed by atoms with Crippen molar-refractivity contribution in [2.75, 3.05) is 46.9 Å². The standard InChI is InChI=1S/C15H24N2O4S/c1-4-20-13-5-7-15(8-6-13)22(18,19)17(3)12-14-11-16(2)9-10-21-14/h5-8,14H,4,9-12H2,1-3H3. The minimum Gasteiger partial charge on any atom is -0.494 e. The molecule has 0 amide bonds. The molecule has 124 valence electrons. The van der Waals surface area contributed by atoms with Crippen LogP contribution in [0.3, 0.4) is 0 Å². The summed E-state index contributed by atoms with van der Waals surface area (Å²) in [5, 5.41) is 0. The van der Waals surface area contributed by atoms with Gasteiger partial charge in [0.2, 0.25) is 10.0 Å². The van der Waals surface area contributed by atoms with Crippen molar-refractivity contribution in [1.29, 1.82) is 0 Å². The van der Waals surface area contributed by atoms with Crippen molar-refractivity contribution in [3.05, 3.63) is 24.3 Å². The summed E-state index contributed by atoms with van der Waals surface area (Å²) in [6.07, 6.45) is -0.0961. The van der Waals surface area contributed by atoms with Crippen LogP contribution in [-0.2, 0) is 14.8 Å². The summed E-state index contributed by atoms with van der Waals surface area (Å²) >= 11 is 0. The van der Waals surface area contributed by atoms with E-state index < -0.39 is 10.0 Å². The molecular weight excluding hydrogens is 304 g/mol. The summed E-state index contributed by atoms with van der Waals surface area (Å²) in [5.74, 6) is 0.668. The van der Waals surface area contributed by atoms with E-state index in [1.807, 2.05) is 14.0 Å². The first-order chi connectivity index (χ1) is 10.4. The van der Waals surface area contributed by atoms with E-state index in [9.17, 15) is 8.42 Å². The minimum absolute atomic E-state index is 0.0961. The Balaban J connectivity index is 2.04. The number of ether oxygens (including phenoxy) is 2. The average molecular weight is 328 g/mol. The zero-order valence-corrected chi connectivity index (χ0v) is 14.2. The van der Waals surface area contributed by atoms with Crippen molar-refractivity contribution in [1.82, 2.24) is 9.21 Å². The van der Waals surface area contributed by atoms with E-state index in [-0.39, 0.29) is 11.0 Å². The predicted octanol–water partition coefficient (Wildman–Crippen LogP) is 1.04. The first-order valence-corrected chi connectivity index (χ1v) is 8.87. The van der Waals surface area contributed by atoms with Crippen LogP contribution in [0.25, 0.3) is 0 Å². The number of hydrogen-bond donors (Lipinski definition) is 0. The fourth-order valence-corrected chi connectivity index (χ4v) is 3.62. The molecular formula is C15H24N2O4S. The Bertz CT molecular complexity index is 574. The Morgan fingerprint density at radius 3 is 2.64 bits per heavy atom. The van der Waals surface area contributed by atoms with Gasteiger partial charge in [-0.05, 0) is 38.2 Å². The van der Waals surface area contributed by atoms with Crippen LogP contribution in [0.1, 0.15) is 6.92 Å². The fraction of sp³-hybridized carbons (Fsp3) is 0.600. The van der Waals surface area contributed by atoms with Crippen LogP contribution < -0.4 is 4.74 Å². The smallest absolute Gasteiger partial charge is 0.242 e. The summed E-state index contributed by atoms with van der Waals surface area (Å²) in [6, 6.07) is 6.50. The van der Waals surface area contributed by atoms with Crippen molar-refractivity contribution in [3.63, 3.8) is 0 Å². The van der Waals surface area contributed by atoms with E-state index in [4.69, 9.17) is 9.47 Å². The van der Waals surface area contributed by atoms with Crippen LogP contribution in [-0.4, -0.2) is 70.7 Å². The number of morpholine rings is 1. The minimum atomic E-state index is -3.51. The lowest BCUT2D eigenvalue weighted by Gasteiger charge is -2.32. The summed E-state index contributed by atoms with van der Waals surface area (Å²) in [7, 11) is 0.0892. The first-order valence-electron chi connectivity index (χ1n) is 7.43. The predicted molar refractivity (Wildman–Crippen MR) is 84.7 cm³/mol. The molecule has 1 aliphatic heterocycles. The molecule has 1 atom stereocenters. The molecule has 0 bridgehead atoms. The highest BCUT2D eigenvalue weighted by Gasteiger charge is 2.26. The fourth-order valence-electron chi connectivity index (χ4n) is 2.42. The third kappa shape index (κ3) is 4.19. The van der Waals surface area contributed by atoms with E-state index in [1.165, 1.54) is 4.31 Å². The molecule has 1 aromatic rings. The van der Waals surface area contributed by atoms with Crippen molar-refractivity contribution >= 4 is 10.0 Å². The Kier molecular flexibility index (Phi) is 5.80. The SMILES string of the molecule is CCOc1ccc(S(=O)(=O)N(C)CC2CN(C)CCO2)cc1. The number of nitrogens with zero attached hydrogens (tertiary/aromatic N) is 2. The van der Waals surface area contributed by atoms with Crippen LogP contribution in [0.2, 0.25) is 0 Å². The lowest BCUT2D eigenvalue weighted by atomic mass is 10.3. The van der Waals surface area contributed by atoms with Crippen LogP contribution in [0, 0.1) is 0 Å². The quantitative estimate of drug-likeness (QED) is 0.781. The molecule has 1 aliphatic rings. The van der Waals surface area contributed by atoms with Crippen LogP contribution in [0.15, 0.2) is 29.2 Å². The lowest BCUT2D eigenvalue weighted by molar-refractivity contribution is -0.0247. The van der Waals surface area contributed by atoms with Crippen molar-refractivity contribution in [3.8, 4) is 5.75 Å². The van der Waals surface area contributed by atoms with E-state index in [0.29, 0.717) is 25.5 Å². The zero-order chi connectivity index (χ0) is 16.2. The maximum atomic E-state index is 12.6. The van der Waals surface area contributed by atoms with Crippen LogP contribution in [0.5, 0.6) is 5.75 Å². The molecule has 0 aromatic heterocycles. The molecule has 2 rings (SSSR count). The number of rotatable bonds is 6. The molecule has 6 nitrogen and oxygen atoms in total. The van der Waals surface area contributed by atoms with E-state index in [0.717, 1.165) is 13.1 Å². The number of benzene rings is 1. The normalized spacial score (nSPS) is 20.3. The van der Waals surface area contributed by atoms with Gasteiger partial charge in [-0.2, -0.15) is 4.31 Å². The Morgan fingerprint density at radius 2 is 2.05 bits per heavy atom. The van der Waals surface area contributed by atoms with E-state index >= 15 is 0 Å². The number of hydrogen-bond acceptors (Lipinski definition) is 5. The summed E-state index contributed by atoms with van der Waals surface area (Å²) in [4.78, 5) is 2.41. The second-order valence-electron chi connectivity index (χ2n) is 5.45. The molecule has 1 heterocycles. The van der Waals surface area contributed by atoms with Gasteiger partial charge in [-0.3, -0.25) is 0 Å². The second kappa shape index (κ2) is 7.41. The third-order valence-electron chi connectivity index (χ3n) is 3.65. The van der Waals surface area contributed by atoms with Gasteiger partial charge in [0.15, 0.2) is 0 Å². The Labute approximate surface area is 132 Å². The molecule has 1 unspecified atom stereocenters. The monoisotopic (exact) mass is 328 g/mol. The van der Waals surface area contributed by atoms with Crippen LogP contribution in [0.4, 0.5) is 0 Å². The van der Waals surface area contributed by atoms with Crippen molar-refractivity contribution in [2.24, 2.45) is 0 Å². The molecule has 0 radical (unpaired) electrons. The maximum Gasteiger partial charge on any atom is 0.242 e. The van der Waals surface area contributed by atoms with Gasteiger partial charge in [0.1, 0.15) is 5.75 Å². The molecule has 22 heavy (non-hydrogen) atoms. The Hall–Kier alpha value is -1.15. The van der Waals surface area contributed by atoms with Gasteiger partial charge in [-0.25, -0.2) is 8.42 Å². The maximum absolute atomic E-state index is 12.6. The Morgan fingerprint density at radius 1 is 1.36 bits per heavy atom. The van der Waals surface area contributed by atoms with Crippen molar-refractivity contribution < 1.29 is 17.9 Å². The van der Waals surface area contributed by atoms with Crippen LogP contribution >= 0.6 is 0 Å². The first kappa shape index (κ1) is 17.2. The topological polar surface area (TPSA) is 59.1 Å². The van der Waals surface area contributed by atoms with Gasteiger partial charge in [-0.1, -0.05) is 0 Å². The van der Waals surface area contributed by atoms with E-state index in [1.54, 1.807) is 31.3 Å².